The first-order valence-corrected chi connectivity index (χ1v) is 6.21. The van der Waals surface area contributed by atoms with Crippen LogP contribution in [0.3, 0.4) is 0 Å². The minimum Gasteiger partial charge on any atom is -0.465 e. The summed E-state index contributed by atoms with van der Waals surface area (Å²) >= 11 is 0. The van der Waals surface area contributed by atoms with Crippen LogP contribution in [0.4, 0.5) is 0 Å². The number of carbonyl (C=O) groups is 1. The Morgan fingerprint density at radius 3 is 2.59 bits per heavy atom. The second-order valence-electron chi connectivity index (χ2n) is 3.89. The third kappa shape index (κ3) is 5.00. The summed E-state index contributed by atoms with van der Waals surface area (Å²) in [6.07, 6.45) is 1.66. The van der Waals surface area contributed by atoms with E-state index < -0.39 is 0 Å². The van der Waals surface area contributed by atoms with Gasteiger partial charge in [-0.1, -0.05) is 37.3 Å². The largest absolute Gasteiger partial charge is 0.465 e. The highest BCUT2D eigenvalue weighted by Gasteiger charge is 2.17. The molecule has 0 radical (unpaired) electrons. The van der Waals surface area contributed by atoms with Crippen molar-refractivity contribution in [3.63, 3.8) is 0 Å². The molecule has 0 aromatic heterocycles. The van der Waals surface area contributed by atoms with E-state index in [1.165, 1.54) is 5.56 Å². The molecular weight excluding hydrogens is 214 g/mol. The molecule has 0 aliphatic rings. The fraction of sp³-hybridized carbons (Fsp3) is 0.500. The van der Waals surface area contributed by atoms with Crippen molar-refractivity contribution in [2.75, 3.05) is 13.2 Å². The number of hydrogen-bond acceptors (Lipinski definition) is 3. The van der Waals surface area contributed by atoms with Crippen LogP contribution in [0, 0.1) is 0 Å². The molecule has 1 rings (SSSR count). The van der Waals surface area contributed by atoms with Crippen molar-refractivity contribution in [1.29, 1.82) is 0 Å². The van der Waals surface area contributed by atoms with Crippen LogP contribution in [-0.4, -0.2) is 25.2 Å². The predicted octanol–water partition coefficient (Wildman–Crippen LogP) is 2.16. The fourth-order valence-corrected chi connectivity index (χ4v) is 1.75. The molecule has 0 heterocycles. The van der Waals surface area contributed by atoms with Crippen molar-refractivity contribution in [3.05, 3.63) is 35.9 Å². The molecule has 94 valence electrons. The lowest BCUT2D eigenvalue weighted by atomic mass is 10.1. The summed E-state index contributed by atoms with van der Waals surface area (Å²) in [5.41, 5.74) is 1.25. The number of carbonyl (C=O) groups excluding carboxylic acids is 1. The third-order valence-corrected chi connectivity index (χ3v) is 2.59. The van der Waals surface area contributed by atoms with Crippen LogP contribution in [0.15, 0.2) is 30.3 Å². The standard InChI is InChI=1S/C14H21NO2/c1-3-15-13(14(16)17-4-2)11-10-12-8-6-5-7-9-12/h5-9,13,15H,3-4,10-11H2,1-2H3. The van der Waals surface area contributed by atoms with E-state index in [1.54, 1.807) is 0 Å². The lowest BCUT2D eigenvalue weighted by Gasteiger charge is -2.16. The topological polar surface area (TPSA) is 38.3 Å². The first-order chi connectivity index (χ1) is 8.27. The summed E-state index contributed by atoms with van der Waals surface area (Å²) < 4.78 is 5.04. The molecule has 0 aliphatic carbocycles. The van der Waals surface area contributed by atoms with E-state index in [9.17, 15) is 4.79 Å². The van der Waals surface area contributed by atoms with Gasteiger partial charge in [0.2, 0.25) is 0 Å². The zero-order valence-corrected chi connectivity index (χ0v) is 10.6. The van der Waals surface area contributed by atoms with E-state index >= 15 is 0 Å². The van der Waals surface area contributed by atoms with E-state index in [0.717, 1.165) is 19.4 Å². The first kappa shape index (κ1) is 13.7. The molecule has 1 aromatic carbocycles. The van der Waals surface area contributed by atoms with Gasteiger partial charge in [-0.25, -0.2) is 0 Å². The van der Waals surface area contributed by atoms with E-state index in [2.05, 4.69) is 17.4 Å². The minimum absolute atomic E-state index is 0.148. The third-order valence-electron chi connectivity index (χ3n) is 2.59. The van der Waals surface area contributed by atoms with Crippen molar-refractivity contribution in [2.24, 2.45) is 0 Å². The summed E-state index contributed by atoms with van der Waals surface area (Å²) in [6, 6.07) is 9.99. The number of benzene rings is 1. The second kappa shape index (κ2) is 7.85. The van der Waals surface area contributed by atoms with Gasteiger partial charge >= 0.3 is 5.97 Å². The van der Waals surface area contributed by atoms with Gasteiger partial charge in [0.25, 0.3) is 0 Å². The molecule has 1 N–H and O–H groups in total. The lowest BCUT2D eigenvalue weighted by molar-refractivity contribution is -0.145. The summed E-state index contributed by atoms with van der Waals surface area (Å²) in [5, 5.41) is 3.16. The molecule has 1 atom stereocenters. The van der Waals surface area contributed by atoms with Gasteiger partial charge in [0.15, 0.2) is 0 Å². The lowest BCUT2D eigenvalue weighted by Crippen LogP contribution is -2.38. The van der Waals surface area contributed by atoms with Crippen LogP contribution in [0.2, 0.25) is 0 Å². The maximum atomic E-state index is 11.7. The summed E-state index contributed by atoms with van der Waals surface area (Å²) in [4.78, 5) is 11.7. The van der Waals surface area contributed by atoms with Gasteiger partial charge in [-0.3, -0.25) is 4.79 Å². The van der Waals surface area contributed by atoms with Crippen molar-refractivity contribution >= 4 is 5.97 Å². The number of esters is 1. The molecule has 17 heavy (non-hydrogen) atoms. The Balaban J connectivity index is 2.47. The maximum absolute atomic E-state index is 11.7. The predicted molar refractivity (Wildman–Crippen MR) is 68.9 cm³/mol. The molecule has 0 amide bonds. The molecule has 0 aliphatic heterocycles. The van der Waals surface area contributed by atoms with Crippen molar-refractivity contribution in [1.82, 2.24) is 5.32 Å². The summed E-state index contributed by atoms with van der Waals surface area (Å²) in [5.74, 6) is -0.148. The molecule has 0 spiro atoms. The molecule has 0 saturated heterocycles. The average Bonchev–Trinajstić information content (AvgIpc) is 2.36. The van der Waals surface area contributed by atoms with Crippen LogP contribution in [0.25, 0.3) is 0 Å². The highest BCUT2D eigenvalue weighted by molar-refractivity contribution is 5.75. The van der Waals surface area contributed by atoms with E-state index in [4.69, 9.17) is 4.74 Å². The Bertz CT molecular complexity index is 324. The first-order valence-electron chi connectivity index (χ1n) is 6.21. The second-order valence-corrected chi connectivity index (χ2v) is 3.89. The number of hydrogen-bond donors (Lipinski definition) is 1. The molecule has 1 aromatic rings. The van der Waals surface area contributed by atoms with Crippen molar-refractivity contribution in [3.8, 4) is 0 Å². The molecule has 0 bridgehead atoms. The van der Waals surface area contributed by atoms with Crippen LogP contribution >= 0.6 is 0 Å². The number of likely N-dealkylation sites (N-methyl/N-ethyl adjacent to an activating group) is 1. The van der Waals surface area contributed by atoms with Crippen LogP contribution in [0.1, 0.15) is 25.8 Å². The van der Waals surface area contributed by atoms with Gasteiger partial charge in [0.05, 0.1) is 6.61 Å². The normalized spacial score (nSPS) is 12.1. The zero-order chi connectivity index (χ0) is 12.5. The van der Waals surface area contributed by atoms with Crippen LogP contribution in [-0.2, 0) is 16.0 Å². The summed E-state index contributed by atoms with van der Waals surface area (Å²) in [6.45, 7) is 5.04. The van der Waals surface area contributed by atoms with Gasteiger partial charge < -0.3 is 10.1 Å². The van der Waals surface area contributed by atoms with Crippen LogP contribution < -0.4 is 5.32 Å². The Labute approximate surface area is 103 Å². The minimum atomic E-state index is -0.194. The van der Waals surface area contributed by atoms with Crippen molar-refractivity contribution < 1.29 is 9.53 Å². The molecule has 0 saturated carbocycles. The molecule has 3 nitrogen and oxygen atoms in total. The number of aryl methyl sites for hydroxylation is 1. The number of rotatable bonds is 7. The smallest absolute Gasteiger partial charge is 0.323 e. The molecular formula is C14H21NO2. The Morgan fingerprint density at radius 2 is 2.00 bits per heavy atom. The SMILES string of the molecule is CCNC(CCc1ccccc1)C(=O)OCC. The van der Waals surface area contributed by atoms with Gasteiger partial charge in [-0.15, -0.1) is 0 Å². The van der Waals surface area contributed by atoms with E-state index in [0.29, 0.717) is 6.61 Å². The fourth-order valence-electron chi connectivity index (χ4n) is 1.75. The zero-order valence-electron chi connectivity index (χ0n) is 10.6. The van der Waals surface area contributed by atoms with Crippen molar-refractivity contribution in [2.45, 2.75) is 32.7 Å². The number of ether oxygens (including phenoxy) is 1. The van der Waals surface area contributed by atoms with Gasteiger partial charge in [-0.2, -0.15) is 0 Å². The monoisotopic (exact) mass is 235 g/mol. The highest BCUT2D eigenvalue weighted by Crippen LogP contribution is 2.06. The van der Waals surface area contributed by atoms with Crippen LogP contribution in [0.5, 0.6) is 0 Å². The molecule has 3 heteroatoms. The van der Waals surface area contributed by atoms with Gasteiger partial charge in [0.1, 0.15) is 6.04 Å². The maximum Gasteiger partial charge on any atom is 0.323 e. The quantitative estimate of drug-likeness (QED) is 0.736. The number of nitrogens with one attached hydrogen (secondary N) is 1. The van der Waals surface area contributed by atoms with E-state index in [1.807, 2.05) is 32.0 Å². The Morgan fingerprint density at radius 1 is 1.29 bits per heavy atom. The Kier molecular flexibility index (Phi) is 6.33. The molecule has 1 unspecified atom stereocenters. The molecule has 0 fully saturated rings. The average molecular weight is 235 g/mol. The Hall–Kier alpha value is -1.35. The van der Waals surface area contributed by atoms with E-state index in [-0.39, 0.29) is 12.0 Å². The van der Waals surface area contributed by atoms with Gasteiger partial charge in [0, 0.05) is 0 Å². The summed E-state index contributed by atoms with van der Waals surface area (Å²) in [7, 11) is 0. The highest BCUT2D eigenvalue weighted by atomic mass is 16.5. The van der Waals surface area contributed by atoms with Gasteiger partial charge in [-0.05, 0) is 31.9 Å².